The van der Waals surface area contributed by atoms with Gasteiger partial charge in [0.05, 0.1) is 30.2 Å². The lowest BCUT2D eigenvalue weighted by molar-refractivity contribution is 0.00791. The van der Waals surface area contributed by atoms with Gasteiger partial charge in [0.25, 0.3) is 0 Å². The van der Waals surface area contributed by atoms with E-state index in [1.807, 2.05) is 24.3 Å². The van der Waals surface area contributed by atoms with E-state index in [9.17, 15) is 5.26 Å². The number of anilines is 1. The lowest BCUT2D eigenvalue weighted by atomic mass is 9.90. The van der Waals surface area contributed by atoms with Gasteiger partial charge in [-0.2, -0.15) is 5.26 Å². The molecule has 0 unspecified atom stereocenters. The monoisotopic (exact) mass is 452 g/mol. The molecule has 0 radical (unpaired) electrons. The molecular weight excluding hydrogens is 424 g/mol. The number of aromatic amines is 1. The van der Waals surface area contributed by atoms with E-state index in [4.69, 9.17) is 4.74 Å². The van der Waals surface area contributed by atoms with Gasteiger partial charge in [-0.15, -0.1) is 0 Å². The number of benzene rings is 2. The van der Waals surface area contributed by atoms with Crippen molar-refractivity contribution < 1.29 is 4.74 Å². The Balaban J connectivity index is 1.27. The summed E-state index contributed by atoms with van der Waals surface area (Å²) in [5, 5.41) is 15.2. The number of H-pyrrole nitrogens is 1. The summed E-state index contributed by atoms with van der Waals surface area (Å²) in [4.78, 5) is 15.2. The van der Waals surface area contributed by atoms with Gasteiger partial charge in [0.15, 0.2) is 0 Å². The highest BCUT2D eigenvalue weighted by molar-refractivity contribution is 6.12. The molecule has 2 aromatic heterocycles. The molecule has 0 bridgehead atoms. The molecule has 1 saturated carbocycles. The fourth-order valence-electron chi connectivity index (χ4n) is 5.50. The van der Waals surface area contributed by atoms with Gasteiger partial charge < -0.3 is 15.0 Å². The van der Waals surface area contributed by atoms with Gasteiger partial charge in [0.2, 0.25) is 0 Å². The number of fused-ring (bicyclic) bond motifs is 3. The third kappa shape index (κ3) is 4.00. The molecule has 0 spiro atoms. The summed E-state index contributed by atoms with van der Waals surface area (Å²) in [5.41, 5.74) is 4.65. The lowest BCUT2D eigenvalue weighted by Crippen LogP contribution is -2.46. The Morgan fingerprint density at radius 3 is 2.65 bits per heavy atom. The molecule has 4 aromatic rings. The first kappa shape index (κ1) is 21.1. The zero-order valence-electron chi connectivity index (χ0n) is 19.1. The Hall–Kier alpha value is -3.47. The molecule has 7 heteroatoms. The van der Waals surface area contributed by atoms with Crippen LogP contribution in [0.5, 0.6) is 0 Å². The number of ether oxygens (including phenoxy) is 1. The number of nitrogens with zero attached hydrogens (tertiary/aromatic N) is 4. The second-order valence-corrected chi connectivity index (χ2v) is 9.32. The van der Waals surface area contributed by atoms with Crippen molar-refractivity contribution >= 4 is 27.8 Å². The molecule has 2 aromatic carbocycles. The van der Waals surface area contributed by atoms with Crippen molar-refractivity contribution in [3.8, 4) is 17.2 Å². The molecule has 7 nitrogen and oxygen atoms in total. The van der Waals surface area contributed by atoms with Crippen molar-refractivity contribution in [3.05, 3.63) is 54.4 Å². The van der Waals surface area contributed by atoms with Gasteiger partial charge in [-0.25, -0.2) is 9.97 Å². The summed E-state index contributed by atoms with van der Waals surface area (Å²) >= 11 is 0. The SMILES string of the molecule is N#Cc1cccc(-c2ccc3[nH]c4ncnc(N[C@H]5CC[C@H](N6CCOCC6)CC5)c4c3c2)c1. The predicted octanol–water partition coefficient (Wildman–Crippen LogP) is 4.71. The lowest BCUT2D eigenvalue weighted by Gasteiger charge is -2.39. The maximum Gasteiger partial charge on any atom is 0.143 e. The van der Waals surface area contributed by atoms with Crippen molar-refractivity contribution in [1.82, 2.24) is 19.9 Å². The van der Waals surface area contributed by atoms with E-state index in [1.54, 1.807) is 6.33 Å². The van der Waals surface area contributed by atoms with Crippen molar-refractivity contribution in [2.75, 3.05) is 31.6 Å². The first-order valence-electron chi connectivity index (χ1n) is 12.1. The minimum atomic E-state index is 0.413. The van der Waals surface area contributed by atoms with Gasteiger partial charge in [-0.1, -0.05) is 18.2 Å². The van der Waals surface area contributed by atoms with Crippen LogP contribution in [0.3, 0.4) is 0 Å². The maximum absolute atomic E-state index is 9.28. The Morgan fingerprint density at radius 2 is 1.82 bits per heavy atom. The molecule has 3 heterocycles. The van der Waals surface area contributed by atoms with Crippen molar-refractivity contribution in [1.29, 1.82) is 5.26 Å². The predicted molar refractivity (Wildman–Crippen MR) is 134 cm³/mol. The van der Waals surface area contributed by atoms with Gasteiger partial charge >= 0.3 is 0 Å². The van der Waals surface area contributed by atoms with Crippen LogP contribution < -0.4 is 5.32 Å². The van der Waals surface area contributed by atoms with E-state index in [2.05, 4.69) is 49.4 Å². The van der Waals surface area contributed by atoms with Gasteiger partial charge in [-0.05, 0) is 61.1 Å². The molecular formula is C27H28N6O. The van der Waals surface area contributed by atoms with Crippen LogP contribution in [-0.2, 0) is 4.74 Å². The highest BCUT2D eigenvalue weighted by Gasteiger charge is 2.27. The molecule has 34 heavy (non-hydrogen) atoms. The molecule has 6 rings (SSSR count). The van der Waals surface area contributed by atoms with E-state index >= 15 is 0 Å². The highest BCUT2D eigenvalue weighted by atomic mass is 16.5. The summed E-state index contributed by atoms with van der Waals surface area (Å²) < 4.78 is 5.52. The van der Waals surface area contributed by atoms with Crippen LogP contribution in [0.2, 0.25) is 0 Å². The van der Waals surface area contributed by atoms with E-state index in [0.29, 0.717) is 17.6 Å². The topological polar surface area (TPSA) is 89.9 Å². The van der Waals surface area contributed by atoms with E-state index in [1.165, 1.54) is 12.8 Å². The third-order valence-electron chi connectivity index (χ3n) is 7.31. The van der Waals surface area contributed by atoms with Crippen LogP contribution in [0.1, 0.15) is 31.2 Å². The molecule has 1 aliphatic heterocycles. The standard InChI is InChI=1S/C27H28N6O/c28-16-18-2-1-3-19(14-18)20-4-9-24-23(15-20)25-26(29-17-30-27(25)32-24)31-21-5-7-22(8-6-21)33-10-12-34-13-11-33/h1-4,9,14-15,17,21-22H,5-8,10-13H2,(H2,29,30,31,32)/t21-,22-. The maximum atomic E-state index is 9.28. The summed E-state index contributed by atoms with van der Waals surface area (Å²) in [6.45, 7) is 3.84. The van der Waals surface area contributed by atoms with Gasteiger partial charge in [0.1, 0.15) is 17.8 Å². The van der Waals surface area contributed by atoms with Crippen LogP contribution in [0.15, 0.2) is 48.8 Å². The van der Waals surface area contributed by atoms with Crippen LogP contribution in [0.4, 0.5) is 5.82 Å². The van der Waals surface area contributed by atoms with E-state index in [-0.39, 0.29) is 0 Å². The second kappa shape index (κ2) is 9.05. The fourth-order valence-corrected chi connectivity index (χ4v) is 5.50. The Kier molecular flexibility index (Phi) is 5.61. The zero-order valence-corrected chi connectivity index (χ0v) is 19.1. The van der Waals surface area contributed by atoms with Gasteiger partial charge in [0, 0.05) is 36.1 Å². The Morgan fingerprint density at radius 1 is 1.00 bits per heavy atom. The first-order chi connectivity index (χ1) is 16.8. The summed E-state index contributed by atoms with van der Waals surface area (Å²) in [5.74, 6) is 0.897. The zero-order chi connectivity index (χ0) is 22.9. The van der Waals surface area contributed by atoms with Crippen molar-refractivity contribution in [2.45, 2.75) is 37.8 Å². The molecule has 0 atom stereocenters. The molecule has 1 aliphatic carbocycles. The molecule has 2 fully saturated rings. The molecule has 0 amide bonds. The summed E-state index contributed by atoms with van der Waals surface area (Å²) in [6, 6.07) is 17.4. The summed E-state index contributed by atoms with van der Waals surface area (Å²) in [6.07, 6.45) is 6.33. The Labute approximate surface area is 198 Å². The number of nitriles is 1. The minimum absolute atomic E-state index is 0.413. The molecule has 172 valence electrons. The molecule has 2 N–H and O–H groups in total. The average molecular weight is 453 g/mol. The van der Waals surface area contributed by atoms with E-state index in [0.717, 1.165) is 78.0 Å². The second-order valence-electron chi connectivity index (χ2n) is 9.32. The first-order valence-corrected chi connectivity index (χ1v) is 12.1. The molecule has 2 aliphatic rings. The normalized spacial score (nSPS) is 21.5. The van der Waals surface area contributed by atoms with Crippen molar-refractivity contribution in [2.24, 2.45) is 0 Å². The van der Waals surface area contributed by atoms with Crippen LogP contribution in [-0.4, -0.2) is 58.2 Å². The number of hydrogen-bond donors (Lipinski definition) is 2. The Bertz CT molecular complexity index is 1360. The molecule has 1 saturated heterocycles. The van der Waals surface area contributed by atoms with Gasteiger partial charge in [-0.3, -0.25) is 4.90 Å². The highest BCUT2D eigenvalue weighted by Crippen LogP contribution is 2.34. The third-order valence-corrected chi connectivity index (χ3v) is 7.31. The number of aromatic nitrogens is 3. The van der Waals surface area contributed by atoms with Crippen LogP contribution in [0, 0.1) is 11.3 Å². The average Bonchev–Trinajstić information content (AvgIpc) is 3.28. The largest absolute Gasteiger partial charge is 0.379 e. The summed E-state index contributed by atoms with van der Waals surface area (Å²) in [7, 11) is 0. The van der Waals surface area contributed by atoms with Crippen LogP contribution >= 0.6 is 0 Å². The van der Waals surface area contributed by atoms with Crippen molar-refractivity contribution in [3.63, 3.8) is 0 Å². The number of morpholine rings is 1. The van der Waals surface area contributed by atoms with Crippen LogP contribution in [0.25, 0.3) is 33.1 Å². The quantitative estimate of drug-likeness (QED) is 0.466. The smallest absolute Gasteiger partial charge is 0.143 e. The minimum Gasteiger partial charge on any atom is -0.379 e. The number of rotatable bonds is 4. The fraction of sp³-hybridized carbons (Fsp3) is 0.370. The number of hydrogen-bond acceptors (Lipinski definition) is 6. The van der Waals surface area contributed by atoms with E-state index < -0.39 is 0 Å². The number of nitrogens with one attached hydrogen (secondary N) is 2.